The Bertz CT molecular complexity index is 560. The lowest BCUT2D eigenvalue weighted by Crippen LogP contribution is -2.43. The Labute approximate surface area is 122 Å². The molecular weight excluding hydrogens is 276 g/mol. The molecule has 2 atom stereocenters. The number of hydrogen-bond donors (Lipinski definition) is 3. The van der Waals surface area contributed by atoms with E-state index in [2.05, 4.69) is 5.32 Å². The van der Waals surface area contributed by atoms with Gasteiger partial charge in [-0.1, -0.05) is 0 Å². The Morgan fingerprint density at radius 1 is 1.43 bits per heavy atom. The van der Waals surface area contributed by atoms with E-state index in [1.807, 2.05) is 6.92 Å². The molecule has 1 aliphatic heterocycles. The number of methoxy groups -OCH3 is 1. The van der Waals surface area contributed by atoms with Gasteiger partial charge in [-0.15, -0.1) is 0 Å². The number of nitrogens with zero attached hydrogens (tertiary/aromatic N) is 1. The van der Waals surface area contributed by atoms with Crippen molar-refractivity contribution in [3.05, 3.63) is 23.8 Å². The predicted octanol–water partition coefficient (Wildman–Crippen LogP) is 1.06. The molecule has 0 radical (unpaired) electrons. The topological polar surface area (TPSA) is 99.1 Å². The number of aliphatic hydroxyl groups is 1. The molecular formula is C14H18N2O5. The number of aryl methyl sites for hydroxylation is 1. The van der Waals surface area contributed by atoms with Gasteiger partial charge in [0.05, 0.1) is 13.2 Å². The first-order chi connectivity index (χ1) is 9.92. The summed E-state index contributed by atoms with van der Waals surface area (Å²) in [6, 6.07) is 3.59. The van der Waals surface area contributed by atoms with Gasteiger partial charge in [-0.2, -0.15) is 0 Å². The molecule has 1 saturated heterocycles. The quantitative estimate of drug-likeness (QED) is 0.774. The molecule has 2 amide bonds. The Balaban J connectivity index is 2.10. The largest absolute Gasteiger partial charge is 0.496 e. The van der Waals surface area contributed by atoms with Gasteiger partial charge in [0.1, 0.15) is 11.8 Å². The minimum atomic E-state index is -1.12. The highest BCUT2D eigenvalue weighted by Gasteiger charge is 2.38. The molecule has 7 heteroatoms. The van der Waals surface area contributed by atoms with Crippen LogP contribution in [0.4, 0.5) is 10.5 Å². The summed E-state index contributed by atoms with van der Waals surface area (Å²) in [4.78, 5) is 24.4. The van der Waals surface area contributed by atoms with Crippen molar-refractivity contribution in [2.24, 2.45) is 0 Å². The van der Waals surface area contributed by atoms with Crippen LogP contribution in [0, 0.1) is 6.92 Å². The smallest absolute Gasteiger partial charge is 0.326 e. The highest BCUT2D eigenvalue weighted by Crippen LogP contribution is 2.23. The van der Waals surface area contributed by atoms with E-state index in [-0.39, 0.29) is 13.0 Å². The second-order valence-electron chi connectivity index (χ2n) is 5.01. The molecule has 114 valence electrons. The molecule has 1 fully saturated rings. The van der Waals surface area contributed by atoms with Crippen molar-refractivity contribution in [3.8, 4) is 5.75 Å². The average molecular weight is 294 g/mol. The maximum atomic E-state index is 12.2. The predicted molar refractivity (Wildman–Crippen MR) is 75.5 cm³/mol. The molecule has 1 aromatic rings. The number of ether oxygens (including phenoxy) is 1. The maximum Gasteiger partial charge on any atom is 0.326 e. The number of carbonyl (C=O) groups is 2. The average Bonchev–Trinajstić information content (AvgIpc) is 2.81. The summed E-state index contributed by atoms with van der Waals surface area (Å²) in [5.41, 5.74) is 1.40. The zero-order chi connectivity index (χ0) is 15.6. The van der Waals surface area contributed by atoms with E-state index in [1.54, 1.807) is 25.3 Å². The highest BCUT2D eigenvalue weighted by atomic mass is 16.5. The molecule has 0 saturated carbocycles. The standard InChI is InChI=1S/C14H18N2O5/c1-8-5-9(3-4-12(8)21-2)15-14(20)16-7-10(17)6-11(16)13(18)19/h3-5,10-11,17H,6-7H2,1-2H3,(H,15,20)(H,18,19). The monoisotopic (exact) mass is 294 g/mol. The van der Waals surface area contributed by atoms with Crippen molar-refractivity contribution in [3.63, 3.8) is 0 Å². The number of β-amino-alcohol motifs (C(OH)–C–C–N with tert-alkyl or cyclic N) is 1. The number of amides is 2. The summed E-state index contributed by atoms with van der Waals surface area (Å²) >= 11 is 0. The van der Waals surface area contributed by atoms with E-state index in [0.29, 0.717) is 11.4 Å². The number of benzene rings is 1. The van der Waals surface area contributed by atoms with E-state index in [0.717, 1.165) is 10.5 Å². The van der Waals surface area contributed by atoms with Gasteiger partial charge in [0.15, 0.2) is 0 Å². The molecule has 2 unspecified atom stereocenters. The number of rotatable bonds is 3. The molecule has 1 heterocycles. The summed E-state index contributed by atoms with van der Waals surface area (Å²) in [5.74, 6) is -0.416. The first-order valence-electron chi connectivity index (χ1n) is 6.55. The van der Waals surface area contributed by atoms with E-state index in [1.165, 1.54) is 0 Å². The van der Waals surface area contributed by atoms with Gasteiger partial charge < -0.3 is 25.2 Å². The lowest BCUT2D eigenvalue weighted by Gasteiger charge is -2.21. The van der Waals surface area contributed by atoms with Crippen LogP contribution in [-0.2, 0) is 4.79 Å². The number of carboxylic acid groups (broad SMARTS) is 1. The van der Waals surface area contributed by atoms with E-state index in [4.69, 9.17) is 9.84 Å². The maximum absolute atomic E-state index is 12.2. The van der Waals surface area contributed by atoms with Crippen LogP contribution in [0.3, 0.4) is 0 Å². The van der Waals surface area contributed by atoms with Crippen LogP contribution in [0.25, 0.3) is 0 Å². The molecule has 1 aromatic carbocycles. The van der Waals surface area contributed by atoms with Crippen molar-refractivity contribution in [1.29, 1.82) is 0 Å². The van der Waals surface area contributed by atoms with Crippen LogP contribution in [0.2, 0.25) is 0 Å². The molecule has 0 spiro atoms. The van der Waals surface area contributed by atoms with Crippen LogP contribution < -0.4 is 10.1 Å². The molecule has 0 bridgehead atoms. The number of likely N-dealkylation sites (tertiary alicyclic amines) is 1. The number of carboxylic acids is 1. The number of urea groups is 1. The second-order valence-corrected chi connectivity index (χ2v) is 5.01. The van der Waals surface area contributed by atoms with E-state index < -0.39 is 24.1 Å². The van der Waals surface area contributed by atoms with E-state index >= 15 is 0 Å². The fraction of sp³-hybridized carbons (Fsp3) is 0.429. The molecule has 2 rings (SSSR count). The summed E-state index contributed by atoms with van der Waals surface area (Å²) < 4.78 is 5.13. The Hall–Kier alpha value is -2.28. The normalized spacial score (nSPS) is 21.2. The highest BCUT2D eigenvalue weighted by molar-refractivity contribution is 5.93. The first-order valence-corrected chi connectivity index (χ1v) is 6.55. The summed E-state index contributed by atoms with van der Waals surface area (Å²) in [7, 11) is 1.56. The molecule has 21 heavy (non-hydrogen) atoms. The lowest BCUT2D eigenvalue weighted by molar-refractivity contribution is -0.141. The van der Waals surface area contributed by atoms with Gasteiger partial charge in [-0.3, -0.25) is 0 Å². The molecule has 0 aromatic heterocycles. The molecule has 7 nitrogen and oxygen atoms in total. The van der Waals surface area contributed by atoms with E-state index in [9.17, 15) is 14.7 Å². The minimum Gasteiger partial charge on any atom is -0.496 e. The van der Waals surface area contributed by atoms with Crippen LogP contribution in [0.1, 0.15) is 12.0 Å². The van der Waals surface area contributed by atoms with Gasteiger partial charge in [0.2, 0.25) is 0 Å². The number of nitrogens with one attached hydrogen (secondary N) is 1. The van der Waals surface area contributed by atoms with Crippen LogP contribution >= 0.6 is 0 Å². The summed E-state index contributed by atoms with van der Waals surface area (Å²) in [6.07, 6.45) is -0.765. The number of carbonyl (C=O) groups excluding carboxylic acids is 1. The minimum absolute atomic E-state index is 0.0118. The van der Waals surface area contributed by atoms with Crippen LogP contribution in [0.5, 0.6) is 5.75 Å². The van der Waals surface area contributed by atoms with Crippen molar-refractivity contribution >= 4 is 17.7 Å². The Kier molecular flexibility index (Phi) is 4.32. The van der Waals surface area contributed by atoms with Crippen molar-refractivity contribution < 1.29 is 24.5 Å². The van der Waals surface area contributed by atoms with Gasteiger partial charge in [-0.25, -0.2) is 9.59 Å². The summed E-state index contributed by atoms with van der Waals surface area (Å²) in [5, 5.41) is 21.3. The first kappa shape index (κ1) is 15.1. The van der Waals surface area contributed by atoms with Crippen molar-refractivity contribution in [2.45, 2.75) is 25.5 Å². The molecule has 0 aliphatic carbocycles. The SMILES string of the molecule is COc1ccc(NC(=O)N2CC(O)CC2C(=O)O)cc1C. The third-order valence-electron chi connectivity index (χ3n) is 3.47. The zero-order valence-electron chi connectivity index (χ0n) is 11.9. The second kappa shape index (κ2) is 6.01. The molecule has 3 N–H and O–H groups in total. The van der Waals surface area contributed by atoms with Crippen molar-refractivity contribution in [2.75, 3.05) is 19.0 Å². The van der Waals surface area contributed by atoms with Gasteiger partial charge in [0.25, 0.3) is 0 Å². The van der Waals surface area contributed by atoms with Gasteiger partial charge in [0, 0.05) is 18.7 Å². The number of hydrogen-bond acceptors (Lipinski definition) is 4. The number of aliphatic carboxylic acids is 1. The number of aliphatic hydroxyl groups excluding tert-OH is 1. The lowest BCUT2D eigenvalue weighted by atomic mass is 10.2. The Morgan fingerprint density at radius 2 is 2.14 bits per heavy atom. The van der Waals surface area contributed by atoms with Crippen LogP contribution in [0.15, 0.2) is 18.2 Å². The van der Waals surface area contributed by atoms with Crippen LogP contribution in [-0.4, -0.2) is 52.9 Å². The van der Waals surface area contributed by atoms with Gasteiger partial charge in [-0.05, 0) is 30.7 Å². The Morgan fingerprint density at radius 3 is 2.71 bits per heavy atom. The third-order valence-corrected chi connectivity index (χ3v) is 3.47. The molecule has 1 aliphatic rings. The number of anilines is 1. The fourth-order valence-electron chi connectivity index (χ4n) is 2.42. The summed E-state index contributed by atoms with van der Waals surface area (Å²) in [6.45, 7) is 1.85. The van der Waals surface area contributed by atoms with Gasteiger partial charge >= 0.3 is 12.0 Å². The zero-order valence-corrected chi connectivity index (χ0v) is 11.9. The fourth-order valence-corrected chi connectivity index (χ4v) is 2.42. The third kappa shape index (κ3) is 3.25. The van der Waals surface area contributed by atoms with Crippen molar-refractivity contribution in [1.82, 2.24) is 4.90 Å².